The number of thiazole rings is 1. The van der Waals surface area contributed by atoms with Gasteiger partial charge in [-0.05, 0) is 25.3 Å². The SMILES string of the molecule is CC(C)(NCC(O)COCc1cccs1)c1nccs1. The maximum Gasteiger partial charge on any atom is 0.112 e. The molecule has 0 bridgehead atoms. The second-order valence-electron chi connectivity index (χ2n) is 5.09. The van der Waals surface area contributed by atoms with Crippen LogP contribution in [0.3, 0.4) is 0 Å². The van der Waals surface area contributed by atoms with E-state index in [0.717, 1.165) is 5.01 Å². The van der Waals surface area contributed by atoms with Gasteiger partial charge in [-0.25, -0.2) is 4.98 Å². The third-order valence-corrected chi connectivity index (χ3v) is 4.83. The standard InChI is InChI=1S/C14H20N2O2S2/c1-14(2,13-15-5-7-20-13)16-8-11(17)9-18-10-12-4-3-6-19-12/h3-7,11,16-17H,8-10H2,1-2H3. The lowest BCUT2D eigenvalue weighted by molar-refractivity contribution is 0.0265. The first-order valence-electron chi connectivity index (χ1n) is 6.51. The van der Waals surface area contributed by atoms with E-state index in [1.54, 1.807) is 28.9 Å². The molecule has 0 amide bonds. The molecule has 2 heterocycles. The van der Waals surface area contributed by atoms with Gasteiger partial charge in [-0.15, -0.1) is 22.7 Å². The van der Waals surface area contributed by atoms with Crippen LogP contribution in [0.1, 0.15) is 23.7 Å². The summed E-state index contributed by atoms with van der Waals surface area (Å²) in [5.41, 5.74) is -0.233. The normalized spacial score (nSPS) is 13.6. The molecule has 2 N–H and O–H groups in total. The highest BCUT2D eigenvalue weighted by Gasteiger charge is 2.23. The van der Waals surface area contributed by atoms with E-state index < -0.39 is 6.10 Å². The lowest BCUT2D eigenvalue weighted by Gasteiger charge is -2.25. The van der Waals surface area contributed by atoms with E-state index in [9.17, 15) is 5.11 Å². The van der Waals surface area contributed by atoms with E-state index in [4.69, 9.17) is 4.74 Å². The summed E-state index contributed by atoms with van der Waals surface area (Å²) in [7, 11) is 0. The van der Waals surface area contributed by atoms with Crippen LogP contribution in [0.15, 0.2) is 29.1 Å². The number of hydrogen-bond acceptors (Lipinski definition) is 6. The Morgan fingerprint density at radius 1 is 1.40 bits per heavy atom. The molecule has 0 radical (unpaired) electrons. The molecule has 2 rings (SSSR count). The Morgan fingerprint density at radius 3 is 2.90 bits per heavy atom. The Balaban J connectivity index is 1.68. The van der Waals surface area contributed by atoms with Crippen LogP contribution in [-0.2, 0) is 16.9 Å². The van der Waals surface area contributed by atoms with Gasteiger partial charge in [0.15, 0.2) is 0 Å². The van der Waals surface area contributed by atoms with Crippen molar-refractivity contribution in [3.63, 3.8) is 0 Å². The zero-order chi connectivity index (χ0) is 14.4. The molecular weight excluding hydrogens is 292 g/mol. The van der Waals surface area contributed by atoms with Crippen molar-refractivity contribution in [2.24, 2.45) is 0 Å². The van der Waals surface area contributed by atoms with Crippen molar-refractivity contribution >= 4 is 22.7 Å². The number of thiophene rings is 1. The third kappa shape index (κ3) is 4.64. The van der Waals surface area contributed by atoms with Crippen molar-refractivity contribution in [3.05, 3.63) is 39.0 Å². The minimum Gasteiger partial charge on any atom is -0.389 e. The van der Waals surface area contributed by atoms with E-state index in [1.807, 2.05) is 22.9 Å². The molecule has 1 unspecified atom stereocenters. The van der Waals surface area contributed by atoms with Gasteiger partial charge in [-0.3, -0.25) is 0 Å². The fourth-order valence-corrected chi connectivity index (χ4v) is 3.11. The van der Waals surface area contributed by atoms with Gasteiger partial charge in [0.05, 0.1) is 24.9 Å². The van der Waals surface area contributed by atoms with Crippen LogP contribution in [0.5, 0.6) is 0 Å². The number of aliphatic hydroxyl groups excluding tert-OH is 1. The molecule has 0 aliphatic rings. The Hall–Kier alpha value is -0.790. The topological polar surface area (TPSA) is 54.4 Å². The minimum absolute atomic E-state index is 0.233. The Kier molecular flexibility index (Phi) is 5.68. The van der Waals surface area contributed by atoms with Crippen LogP contribution >= 0.6 is 22.7 Å². The zero-order valence-corrected chi connectivity index (χ0v) is 13.3. The highest BCUT2D eigenvalue weighted by atomic mass is 32.1. The third-order valence-electron chi connectivity index (χ3n) is 2.88. The number of rotatable bonds is 8. The van der Waals surface area contributed by atoms with Crippen molar-refractivity contribution in [1.82, 2.24) is 10.3 Å². The van der Waals surface area contributed by atoms with E-state index in [0.29, 0.717) is 19.8 Å². The molecule has 4 nitrogen and oxygen atoms in total. The quantitative estimate of drug-likeness (QED) is 0.787. The smallest absolute Gasteiger partial charge is 0.112 e. The van der Waals surface area contributed by atoms with E-state index in [-0.39, 0.29) is 5.54 Å². The summed E-state index contributed by atoms with van der Waals surface area (Å²) >= 11 is 3.27. The summed E-state index contributed by atoms with van der Waals surface area (Å²) in [5.74, 6) is 0. The number of hydrogen-bond donors (Lipinski definition) is 2. The maximum absolute atomic E-state index is 9.94. The maximum atomic E-state index is 9.94. The minimum atomic E-state index is -0.519. The summed E-state index contributed by atoms with van der Waals surface area (Å²) in [6.07, 6.45) is 1.28. The first-order chi connectivity index (χ1) is 9.58. The Morgan fingerprint density at radius 2 is 2.25 bits per heavy atom. The fraction of sp³-hybridized carbons (Fsp3) is 0.500. The molecule has 1 atom stereocenters. The molecule has 0 spiro atoms. The molecule has 0 saturated heterocycles. The second kappa shape index (κ2) is 7.28. The van der Waals surface area contributed by atoms with Gasteiger partial charge < -0.3 is 15.2 Å². The molecule has 0 fully saturated rings. The number of nitrogens with one attached hydrogen (secondary N) is 1. The van der Waals surface area contributed by atoms with Crippen LogP contribution < -0.4 is 5.32 Å². The van der Waals surface area contributed by atoms with Crippen LogP contribution in [0.25, 0.3) is 0 Å². The predicted molar refractivity (Wildman–Crippen MR) is 83.1 cm³/mol. The fourth-order valence-electron chi connectivity index (χ4n) is 1.73. The van der Waals surface area contributed by atoms with Gasteiger partial charge in [0.1, 0.15) is 5.01 Å². The molecule has 20 heavy (non-hydrogen) atoms. The largest absolute Gasteiger partial charge is 0.389 e. The number of aliphatic hydroxyl groups is 1. The Bertz CT molecular complexity index is 483. The monoisotopic (exact) mass is 312 g/mol. The average Bonchev–Trinajstić information content (AvgIpc) is 3.09. The molecule has 6 heteroatoms. The van der Waals surface area contributed by atoms with E-state index in [1.165, 1.54) is 4.88 Å². The molecule has 2 aromatic heterocycles. The molecule has 110 valence electrons. The number of nitrogens with zero attached hydrogens (tertiary/aromatic N) is 1. The molecule has 0 aromatic carbocycles. The molecule has 2 aromatic rings. The summed E-state index contributed by atoms with van der Waals surface area (Å²) in [5, 5.41) is 18.3. The van der Waals surface area contributed by atoms with Crippen molar-refractivity contribution in [2.75, 3.05) is 13.2 Å². The van der Waals surface area contributed by atoms with Gasteiger partial charge in [0.2, 0.25) is 0 Å². The van der Waals surface area contributed by atoms with E-state index in [2.05, 4.69) is 24.1 Å². The first-order valence-corrected chi connectivity index (χ1v) is 8.27. The summed E-state index contributed by atoms with van der Waals surface area (Å²) in [6.45, 7) is 5.50. The van der Waals surface area contributed by atoms with Crippen LogP contribution in [-0.4, -0.2) is 29.3 Å². The molecular formula is C14H20N2O2S2. The number of aromatic nitrogens is 1. The van der Waals surface area contributed by atoms with Crippen LogP contribution in [0.4, 0.5) is 0 Å². The summed E-state index contributed by atoms with van der Waals surface area (Å²) in [6, 6.07) is 4.03. The first kappa shape index (κ1) is 15.6. The molecule has 0 aliphatic heterocycles. The van der Waals surface area contributed by atoms with Crippen molar-refractivity contribution < 1.29 is 9.84 Å². The summed E-state index contributed by atoms with van der Waals surface area (Å²) in [4.78, 5) is 5.48. The lowest BCUT2D eigenvalue weighted by Crippen LogP contribution is -2.42. The average molecular weight is 312 g/mol. The van der Waals surface area contributed by atoms with Crippen LogP contribution in [0.2, 0.25) is 0 Å². The van der Waals surface area contributed by atoms with Gasteiger partial charge in [0.25, 0.3) is 0 Å². The summed E-state index contributed by atoms with van der Waals surface area (Å²) < 4.78 is 5.50. The predicted octanol–water partition coefficient (Wildman–Crippen LogP) is 2.61. The van der Waals surface area contributed by atoms with Gasteiger partial charge in [-0.2, -0.15) is 0 Å². The second-order valence-corrected chi connectivity index (χ2v) is 7.02. The molecule has 0 saturated carbocycles. The number of ether oxygens (including phenoxy) is 1. The highest BCUT2D eigenvalue weighted by molar-refractivity contribution is 7.10. The van der Waals surface area contributed by atoms with Gasteiger partial charge in [-0.1, -0.05) is 6.07 Å². The molecule has 0 aliphatic carbocycles. The van der Waals surface area contributed by atoms with Crippen molar-refractivity contribution in [2.45, 2.75) is 32.1 Å². The van der Waals surface area contributed by atoms with Crippen molar-refractivity contribution in [3.8, 4) is 0 Å². The van der Waals surface area contributed by atoms with Gasteiger partial charge >= 0.3 is 0 Å². The van der Waals surface area contributed by atoms with Crippen LogP contribution in [0, 0.1) is 0 Å². The lowest BCUT2D eigenvalue weighted by atomic mass is 10.1. The highest BCUT2D eigenvalue weighted by Crippen LogP contribution is 2.21. The van der Waals surface area contributed by atoms with E-state index >= 15 is 0 Å². The Labute approximate surface area is 127 Å². The van der Waals surface area contributed by atoms with Gasteiger partial charge in [0, 0.05) is 23.0 Å². The zero-order valence-electron chi connectivity index (χ0n) is 11.7. The van der Waals surface area contributed by atoms with Crippen molar-refractivity contribution in [1.29, 1.82) is 0 Å².